The number of amides is 2. The summed E-state index contributed by atoms with van der Waals surface area (Å²) in [7, 11) is 0. The third kappa shape index (κ3) is 3.95. The van der Waals surface area contributed by atoms with Gasteiger partial charge >= 0.3 is 0 Å². The van der Waals surface area contributed by atoms with Gasteiger partial charge < -0.3 is 15.1 Å². The van der Waals surface area contributed by atoms with Crippen LogP contribution in [0.25, 0.3) is 11.0 Å². The minimum absolute atomic E-state index is 0.154. The molecule has 7 heteroatoms. The van der Waals surface area contributed by atoms with Gasteiger partial charge in [0.15, 0.2) is 5.76 Å². The average Bonchev–Trinajstić information content (AvgIpc) is 3.45. The Bertz CT molecular complexity index is 980. The first-order chi connectivity index (χ1) is 13.6. The Morgan fingerprint density at radius 2 is 2.14 bits per heavy atom. The number of nitrogens with zero attached hydrogens (tertiary/aromatic N) is 1. The van der Waals surface area contributed by atoms with E-state index in [-0.39, 0.29) is 17.6 Å². The smallest absolute Gasteiger partial charge is 0.287 e. The Kier molecular flexibility index (Phi) is 5.45. The summed E-state index contributed by atoms with van der Waals surface area (Å²) in [6, 6.07) is 9.26. The van der Waals surface area contributed by atoms with Crippen molar-refractivity contribution in [1.29, 1.82) is 0 Å². The number of fused-ring (bicyclic) bond motifs is 1. The molecule has 3 aromatic rings. The maximum absolute atomic E-state index is 12.5. The second kappa shape index (κ2) is 8.16. The number of furan rings is 1. The van der Waals surface area contributed by atoms with Gasteiger partial charge in [0.1, 0.15) is 5.58 Å². The summed E-state index contributed by atoms with van der Waals surface area (Å²) in [5.41, 5.74) is 1.92. The highest BCUT2D eigenvalue weighted by Crippen LogP contribution is 2.24. The first-order valence-corrected chi connectivity index (χ1v) is 10.5. The molecule has 1 aliphatic heterocycles. The molecule has 2 N–H and O–H groups in total. The molecule has 2 amide bonds. The second-order valence-corrected chi connectivity index (χ2v) is 7.74. The van der Waals surface area contributed by atoms with E-state index in [0.717, 1.165) is 24.9 Å². The SMILES string of the molecule is CCN1CCCC1CNC(=O)c1cc2cc(NC(=O)c3ccsc3)ccc2o1. The third-order valence-electron chi connectivity index (χ3n) is 5.18. The van der Waals surface area contributed by atoms with Crippen molar-refractivity contribution in [2.24, 2.45) is 0 Å². The molecule has 0 radical (unpaired) electrons. The lowest BCUT2D eigenvalue weighted by Crippen LogP contribution is -2.39. The normalized spacial score (nSPS) is 17.1. The van der Waals surface area contributed by atoms with Gasteiger partial charge in [0.05, 0.1) is 5.56 Å². The predicted molar refractivity (Wildman–Crippen MR) is 111 cm³/mol. The number of hydrogen-bond acceptors (Lipinski definition) is 5. The molecule has 0 aliphatic carbocycles. The number of rotatable bonds is 6. The van der Waals surface area contributed by atoms with Crippen LogP contribution in [0.5, 0.6) is 0 Å². The van der Waals surface area contributed by atoms with Crippen molar-refractivity contribution in [3.05, 3.63) is 52.4 Å². The Morgan fingerprint density at radius 1 is 1.25 bits per heavy atom. The number of carbonyl (C=O) groups excluding carboxylic acids is 2. The van der Waals surface area contributed by atoms with Gasteiger partial charge in [-0.3, -0.25) is 14.5 Å². The fraction of sp³-hybridized carbons (Fsp3) is 0.333. The molecule has 1 saturated heterocycles. The van der Waals surface area contributed by atoms with Crippen LogP contribution in [0, 0.1) is 0 Å². The van der Waals surface area contributed by atoms with E-state index in [2.05, 4.69) is 22.5 Å². The monoisotopic (exact) mass is 397 g/mol. The standard InChI is InChI=1S/C21H23N3O3S/c1-2-24-8-3-4-17(24)12-22-21(26)19-11-15-10-16(5-6-18(15)27-19)23-20(25)14-7-9-28-13-14/h5-7,9-11,13,17H,2-4,8,12H2,1H3,(H,22,26)(H,23,25). The number of anilines is 1. The number of carbonyl (C=O) groups is 2. The summed E-state index contributed by atoms with van der Waals surface area (Å²) in [6.45, 7) is 4.88. The summed E-state index contributed by atoms with van der Waals surface area (Å²) >= 11 is 1.48. The fourth-order valence-electron chi connectivity index (χ4n) is 3.67. The molecule has 6 nitrogen and oxygen atoms in total. The van der Waals surface area contributed by atoms with E-state index in [0.29, 0.717) is 29.4 Å². The summed E-state index contributed by atoms with van der Waals surface area (Å²) < 4.78 is 5.69. The van der Waals surface area contributed by atoms with Gasteiger partial charge in [0.2, 0.25) is 0 Å². The van der Waals surface area contributed by atoms with E-state index >= 15 is 0 Å². The number of thiophene rings is 1. The van der Waals surface area contributed by atoms with Crippen LogP contribution in [0.15, 0.2) is 45.5 Å². The summed E-state index contributed by atoms with van der Waals surface area (Å²) in [5, 5.41) is 10.3. The van der Waals surface area contributed by atoms with Crippen LogP contribution >= 0.6 is 11.3 Å². The van der Waals surface area contributed by atoms with Gasteiger partial charge in [0.25, 0.3) is 11.8 Å². The quantitative estimate of drug-likeness (QED) is 0.660. The predicted octanol–water partition coefficient (Wildman–Crippen LogP) is 3.96. The highest BCUT2D eigenvalue weighted by atomic mass is 32.1. The molecule has 0 saturated carbocycles. The number of nitrogens with one attached hydrogen (secondary N) is 2. The van der Waals surface area contributed by atoms with Gasteiger partial charge in [-0.15, -0.1) is 0 Å². The zero-order valence-corrected chi connectivity index (χ0v) is 16.6. The van der Waals surface area contributed by atoms with Gasteiger partial charge in [-0.05, 0) is 61.6 Å². The minimum atomic E-state index is -0.206. The third-order valence-corrected chi connectivity index (χ3v) is 5.87. The lowest BCUT2D eigenvalue weighted by atomic mass is 10.2. The van der Waals surface area contributed by atoms with Crippen molar-refractivity contribution >= 4 is 39.8 Å². The van der Waals surface area contributed by atoms with Crippen molar-refractivity contribution in [3.8, 4) is 0 Å². The largest absolute Gasteiger partial charge is 0.451 e. The Morgan fingerprint density at radius 3 is 2.93 bits per heavy atom. The van der Waals surface area contributed by atoms with Gasteiger partial charge in [0, 0.05) is 29.0 Å². The zero-order chi connectivity index (χ0) is 19.5. The van der Waals surface area contributed by atoms with E-state index in [4.69, 9.17) is 4.42 Å². The molecule has 1 aromatic carbocycles. The number of likely N-dealkylation sites (tertiary alicyclic amines) is 1. The molecule has 4 rings (SSSR count). The fourth-order valence-corrected chi connectivity index (χ4v) is 4.31. The van der Waals surface area contributed by atoms with E-state index in [1.165, 1.54) is 17.8 Å². The zero-order valence-electron chi connectivity index (χ0n) is 15.7. The molecular weight excluding hydrogens is 374 g/mol. The van der Waals surface area contributed by atoms with Gasteiger partial charge in [-0.2, -0.15) is 11.3 Å². The van der Waals surface area contributed by atoms with Crippen LogP contribution in [-0.4, -0.2) is 42.4 Å². The topological polar surface area (TPSA) is 74.6 Å². The highest BCUT2D eigenvalue weighted by Gasteiger charge is 2.24. The maximum Gasteiger partial charge on any atom is 0.287 e. The molecule has 0 spiro atoms. The molecule has 3 heterocycles. The second-order valence-electron chi connectivity index (χ2n) is 6.96. The number of benzene rings is 1. The Hall–Kier alpha value is -2.64. The van der Waals surface area contributed by atoms with E-state index in [9.17, 15) is 9.59 Å². The lowest BCUT2D eigenvalue weighted by Gasteiger charge is -2.22. The van der Waals surface area contributed by atoms with Crippen LogP contribution < -0.4 is 10.6 Å². The van der Waals surface area contributed by atoms with Gasteiger partial charge in [-0.1, -0.05) is 6.92 Å². The van der Waals surface area contributed by atoms with Crippen molar-refractivity contribution in [3.63, 3.8) is 0 Å². The maximum atomic E-state index is 12.5. The molecule has 28 heavy (non-hydrogen) atoms. The van der Waals surface area contributed by atoms with Crippen LogP contribution in [0.1, 0.15) is 40.7 Å². The van der Waals surface area contributed by atoms with Crippen LogP contribution in [-0.2, 0) is 0 Å². The van der Waals surface area contributed by atoms with Crippen molar-refractivity contribution in [1.82, 2.24) is 10.2 Å². The molecule has 1 unspecified atom stereocenters. The minimum Gasteiger partial charge on any atom is -0.451 e. The Balaban J connectivity index is 1.42. The summed E-state index contributed by atoms with van der Waals surface area (Å²) in [5.74, 6) is -0.0699. The number of likely N-dealkylation sites (N-methyl/N-ethyl adjacent to an activating group) is 1. The van der Waals surface area contributed by atoms with Crippen LogP contribution in [0.3, 0.4) is 0 Å². The van der Waals surface area contributed by atoms with Crippen LogP contribution in [0.4, 0.5) is 5.69 Å². The molecule has 146 valence electrons. The summed E-state index contributed by atoms with van der Waals surface area (Å²) in [6.07, 6.45) is 2.29. The van der Waals surface area contributed by atoms with Crippen molar-refractivity contribution < 1.29 is 14.0 Å². The molecule has 1 atom stereocenters. The molecule has 1 aliphatic rings. The highest BCUT2D eigenvalue weighted by molar-refractivity contribution is 7.08. The molecular formula is C21H23N3O3S. The average molecular weight is 398 g/mol. The van der Waals surface area contributed by atoms with Crippen molar-refractivity contribution in [2.45, 2.75) is 25.8 Å². The lowest BCUT2D eigenvalue weighted by molar-refractivity contribution is 0.0915. The first-order valence-electron chi connectivity index (χ1n) is 9.53. The Labute approximate surface area is 167 Å². The van der Waals surface area contributed by atoms with E-state index in [1.807, 2.05) is 11.4 Å². The first kappa shape index (κ1) is 18.7. The van der Waals surface area contributed by atoms with Crippen molar-refractivity contribution in [2.75, 3.05) is 25.0 Å². The molecule has 2 aromatic heterocycles. The van der Waals surface area contributed by atoms with E-state index < -0.39 is 0 Å². The van der Waals surface area contributed by atoms with Crippen LogP contribution in [0.2, 0.25) is 0 Å². The summed E-state index contributed by atoms with van der Waals surface area (Å²) in [4.78, 5) is 27.1. The number of hydrogen-bond donors (Lipinski definition) is 2. The molecule has 0 bridgehead atoms. The molecule has 1 fully saturated rings. The van der Waals surface area contributed by atoms with E-state index in [1.54, 1.807) is 29.6 Å². The van der Waals surface area contributed by atoms with Gasteiger partial charge in [-0.25, -0.2) is 0 Å².